The van der Waals surface area contributed by atoms with Gasteiger partial charge in [-0.1, -0.05) is 0 Å². The van der Waals surface area contributed by atoms with Crippen molar-refractivity contribution in [2.24, 2.45) is 0 Å². The molecule has 1 rings (SSSR count). The molecule has 0 aromatic carbocycles. The summed E-state index contributed by atoms with van der Waals surface area (Å²) in [6.07, 6.45) is 2.51. The van der Waals surface area contributed by atoms with Gasteiger partial charge in [-0.05, 0) is 33.1 Å². The number of methoxy groups -OCH3 is 1. The van der Waals surface area contributed by atoms with Crippen molar-refractivity contribution in [3.05, 3.63) is 0 Å². The standard InChI is InChI=1S/C12H21NO4/c1-12(2,17-3)8-10(14)13-7-5-4-6-9(13)11(15)16/h9H,4-8H2,1-3H3,(H,15,16). The summed E-state index contributed by atoms with van der Waals surface area (Å²) in [5.74, 6) is -1.04. The third-order valence-corrected chi connectivity index (χ3v) is 3.24. The molecule has 0 bridgehead atoms. The van der Waals surface area contributed by atoms with E-state index in [1.165, 1.54) is 4.90 Å². The summed E-state index contributed by atoms with van der Waals surface area (Å²) in [6.45, 7) is 4.19. The molecule has 1 N–H and O–H groups in total. The highest BCUT2D eigenvalue weighted by Crippen LogP contribution is 2.21. The SMILES string of the molecule is COC(C)(C)CC(=O)N1CCCCC1C(=O)O. The van der Waals surface area contributed by atoms with Gasteiger partial charge in [0.05, 0.1) is 12.0 Å². The number of aliphatic carboxylic acids is 1. The number of hydrogen-bond acceptors (Lipinski definition) is 3. The van der Waals surface area contributed by atoms with Crippen molar-refractivity contribution in [1.29, 1.82) is 0 Å². The Balaban J connectivity index is 2.69. The minimum absolute atomic E-state index is 0.135. The second-order valence-corrected chi connectivity index (χ2v) is 5.08. The third kappa shape index (κ3) is 3.70. The van der Waals surface area contributed by atoms with Crippen molar-refractivity contribution in [2.45, 2.75) is 51.2 Å². The molecule has 1 amide bonds. The molecule has 1 aliphatic rings. The van der Waals surface area contributed by atoms with Crippen molar-refractivity contribution in [3.8, 4) is 0 Å². The fourth-order valence-corrected chi connectivity index (χ4v) is 2.02. The predicted octanol–water partition coefficient (Wildman–Crippen LogP) is 1.27. The summed E-state index contributed by atoms with van der Waals surface area (Å²) in [5, 5.41) is 9.09. The van der Waals surface area contributed by atoms with Crippen LogP contribution in [0.15, 0.2) is 0 Å². The van der Waals surface area contributed by atoms with Gasteiger partial charge in [-0.15, -0.1) is 0 Å². The first-order chi connectivity index (χ1) is 7.87. The molecule has 0 saturated carbocycles. The van der Waals surface area contributed by atoms with Gasteiger partial charge in [0.1, 0.15) is 6.04 Å². The van der Waals surface area contributed by atoms with E-state index < -0.39 is 17.6 Å². The average molecular weight is 243 g/mol. The Morgan fingerprint density at radius 3 is 2.59 bits per heavy atom. The van der Waals surface area contributed by atoms with Crippen LogP contribution in [0.2, 0.25) is 0 Å². The first kappa shape index (κ1) is 14.0. The van der Waals surface area contributed by atoms with Gasteiger partial charge in [0.25, 0.3) is 0 Å². The van der Waals surface area contributed by atoms with E-state index in [1.807, 2.05) is 13.8 Å². The van der Waals surface area contributed by atoms with Crippen LogP contribution in [0.1, 0.15) is 39.5 Å². The quantitative estimate of drug-likeness (QED) is 0.807. The van der Waals surface area contributed by atoms with Gasteiger partial charge in [0.2, 0.25) is 5.91 Å². The Morgan fingerprint density at radius 1 is 1.41 bits per heavy atom. The van der Waals surface area contributed by atoms with Gasteiger partial charge in [-0.3, -0.25) is 4.79 Å². The molecule has 1 unspecified atom stereocenters. The molecule has 5 nitrogen and oxygen atoms in total. The summed E-state index contributed by atoms with van der Waals surface area (Å²) in [4.78, 5) is 24.6. The first-order valence-electron chi connectivity index (χ1n) is 5.95. The lowest BCUT2D eigenvalue weighted by molar-refractivity contribution is -0.154. The Bertz CT molecular complexity index is 301. The highest BCUT2D eigenvalue weighted by atomic mass is 16.5. The monoisotopic (exact) mass is 243 g/mol. The van der Waals surface area contributed by atoms with Crippen LogP contribution in [0.25, 0.3) is 0 Å². The predicted molar refractivity (Wildman–Crippen MR) is 62.7 cm³/mol. The zero-order chi connectivity index (χ0) is 13.1. The van der Waals surface area contributed by atoms with E-state index >= 15 is 0 Å². The largest absolute Gasteiger partial charge is 0.480 e. The van der Waals surface area contributed by atoms with Crippen LogP contribution in [0.3, 0.4) is 0 Å². The number of likely N-dealkylation sites (tertiary alicyclic amines) is 1. The van der Waals surface area contributed by atoms with Crippen molar-refractivity contribution in [3.63, 3.8) is 0 Å². The Kier molecular flexibility index (Phi) is 4.51. The normalized spacial score (nSPS) is 21.4. The summed E-state index contributed by atoms with van der Waals surface area (Å²) >= 11 is 0. The van der Waals surface area contributed by atoms with E-state index in [2.05, 4.69) is 0 Å². The summed E-state index contributed by atoms with van der Waals surface area (Å²) in [7, 11) is 1.55. The molecule has 5 heteroatoms. The first-order valence-corrected chi connectivity index (χ1v) is 5.95. The minimum Gasteiger partial charge on any atom is -0.480 e. The second-order valence-electron chi connectivity index (χ2n) is 5.08. The van der Waals surface area contributed by atoms with E-state index in [0.29, 0.717) is 13.0 Å². The van der Waals surface area contributed by atoms with Gasteiger partial charge in [-0.2, -0.15) is 0 Å². The molecule has 0 aliphatic carbocycles. The van der Waals surface area contributed by atoms with Crippen LogP contribution in [-0.4, -0.2) is 47.2 Å². The van der Waals surface area contributed by atoms with E-state index in [-0.39, 0.29) is 12.3 Å². The molecule has 1 aliphatic heterocycles. The summed E-state index contributed by atoms with van der Waals surface area (Å²) in [5.41, 5.74) is -0.544. The van der Waals surface area contributed by atoms with Crippen molar-refractivity contribution < 1.29 is 19.4 Å². The Hall–Kier alpha value is -1.10. The number of carboxylic acids is 1. The summed E-state index contributed by atoms with van der Waals surface area (Å²) < 4.78 is 5.20. The lowest BCUT2D eigenvalue weighted by Crippen LogP contribution is -2.49. The van der Waals surface area contributed by atoms with Crippen molar-refractivity contribution in [1.82, 2.24) is 4.90 Å². The maximum Gasteiger partial charge on any atom is 0.326 e. The number of carboxylic acid groups (broad SMARTS) is 1. The molecule has 0 aromatic heterocycles. The molecule has 1 fully saturated rings. The second kappa shape index (κ2) is 5.49. The van der Waals surface area contributed by atoms with Crippen LogP contribution in [0.4, 0.5) is 0 Å². The summed E-state index contributed by atoms with van der Waals surface area (Å²) in [6, 6.07) is -0.663. The highest BCUT2D eigenvalue weighted by molar-refractivity contribution is 5.84. The van der Waals surface area contributed by atoms with Crippen molar-refractivity contribution >= 4 is 11.9 Å². The molecule has 17 heavy (non-hydrogen) atoms. The van der Waals surface area contributed by atoms with E-state index in [0.717, 1.165) is 12.8 Å². The number of piperidine rings is 1. The molecule has 0 radical (unpaired) electrons. The van der Waals surface area contributed by atoms with E-state index in [9.17, 15) is 9.59 Å². The van der Waals surface area contributed by atoms with Gasteiger partial charge in [0.15, 0.2) is 0 Å². The maximum absolute atomic E-state index is 12.1. The van der Waals surface area contributed by atoms with Crippen LogP contribution in [-0.2, 0) is 14.3 Å². The lowest BCUT2D eigenvalue weighted by atomic mass is 9.98. The van der Waals surface area contributed by atoms with Crippen LogP contribution in [0, 0.1) is 0 Å². The van der Waals surface area contributed by atoms with E-state index in [4.69, 9.17) is 9.84 Å². The number of carbonyl (C=O) groups excluding carboxylic acids is 1. The Labute approximate surface area is 102 Å². The number of amides is 1. The van der Waals surface area contributed by atoms with Crippen LogP contribution in [0.5, 0.6) is 0 Å². The Morgan fingerprint density at radius 2 is 2.06 bits per heavy atom. The smallest absolute Gasteiger partial charge is 0.326 e. The maximum atomic E-state index is 12.1. The molecular formula is C12H21NO4. The molecule has 1 heterocycles. The van der Waals surface area contributed by atoms with Crippen molar-refractivity contribution in [2.75, 3.05) is 13.7 Å². The van der Waals surface area contributed by atoms with Gasteiger partial charge >= 0.3 is 5.97 Å². The molecule has 1 saturated heterocycles. The third-order valence-electron chi connectivity index (χ3n) is 3.24. The van der Waals surface area contributed by atoms with Gasteiger partial charge in [0, 0.05) is 13.7 Å². The number of carbonyl (C=O) groups is 2. The number of hydrogen-bond donors (Lipinski definition) is 1. The van der Waals surface area contributed by atoms with Gasteiger partial charge < -0.3 is 14.7 Å². The topological polar surface area (TPSA) is 66.8 Å². The molecular weight excluding hydrogens is 222 g/mol. The lowest BCUT2D eigenvalue weighted by Gasteiger charge is -2.35. The van der Waals surface area contributed by atoms with Crippen LogP contribution >= 0.6 is 0 Å². The average Bonchev–Trinajstić information content (AvgIpc) is 2.28. The number of nitrogens with zero attached hydrogens (tertiary/aromatic N) is 1. The molecule has 98 valence electrons. The number of rotatable bonds is 4. The number of ether oxygens (including phenoxy) is 1. The molecule has 1 atom stereocenters. The van der Waals surface area contributed by atoms with Crippen LogP contribution < -0.4 is 0 Å². The van der Waals surface area contributed by atoms with E-state index in [1.54, 1.807) is 7.11 Å². The fraction of sp³-hybridized carbons (Fsp3) is 0.833. The zero-order valence-corrected chi connectivity index (χ0v) is 10.7. The molecule has 0 aromatic rings. The zero-order valence-electron chi connectivity index (χ0n) is 10.7. The highest BCUT2D eigenvalue weighted by Gasteiger charge is 2.34. The van der Waals surface area contributed by atoms with Gasteiger partial charge in [-0.25, -0.2) is 4.79 Å². The fourth-order valence-electron chi connectivity index (χ4n) is 2.02. The minimum atomic E-state index is -0.909. The molecule has 0 spiro atoms.